The molecular weight excluding hydrogens is 206 g/mol. The van der Waals surface area contributed by atoms with E-state index in [1.807, 2.05) is 0 Å². The summed E-state index contributed by atoms with van der Waals surface area (Å²) in [6, 6.07) is 0.216. The standard InChI is InChI=1S/C11H23N3O2/c1-8-4-5-14(7-10(8)16-3)9(2)6-11(15)13-12/h8-10H,4-7,12H2,1-3H3,(H,13,15). The summed E-state index contributed by atoms with van der Waals surface area (Å²) < 4.78 is 5.45. The van der Waals surface area contributed by atoms with Crippen LogP contribution in [0, 0.1) is 5.92 Å². The number of nitrogens with zero attached hydrogens (tertiary/aromatic N) is 1. The summed E-state index contributed by atoms with van der Waals surface area (Å²) in [5.41, 5.74) is 2.17. The van der Waals surface area contributed by atoms with Crippen LogP contribution >= 0.6 is 0 Å². The van der Waals surface area contributed by atoms with Gasteiger partial charge in [0.15, 0.2) is 0 Å². The van der Waals surface area contributed by atoms with Gasteiger partial charge in [0.05, 0.1) is 6.10 Å². The molecule has 0 aliphatic carbocycles. The van der Waals surface area contributed by atoms with Gasteiger partial charge in [0.1, 0.15) is 0 Å². The number of carbonyl (C=O) groups excluding carboxylic acids is 1. The molecule has 1 aliphatic heterocycles. The Bertz CT molecular complexity index is 235. The molecule has 16 heavy (non-hydrogen) atoms. The van der Waals surface area contributed by atoms with Gasteiger partial charge in [-0.2, -0.15) is 0 Å². The second-order valence-electron chi connectivity index (χ2n) is 4.66. The van der Waals surface area contributed by atoms with E-state index in [0.717, 1.165) is 19.5 Å². The lowest BCUT2D eigenvalue weighted by Crippen LogP contribution is -2.49. The van der Waals surface area contributed by atoms with Crippen LogP contribution in [0.2, 0.25) is 0 Å². The van der Waals surface area contributed by atoms with Gasteiger partial charge in [-0.15, -0.1) is 0 Å². The summed E-state index contributed by atoms with van der Waals surface area (Å²) in [5, 5.41) is 0. The fourth-order valence-corrected chi connectivity index (χ4v) is 2.22. The molecule has 0 aromatic rings. The minimum atomic E-state index is -0.111. The molecular formula is C11H23N3O2. The number of hydrogen-bond donors (Lipinski definition) is 2. The zero-order valence-electron chi connectivity index (χ0n) is 10.4. The normalized spacial score (nSPS) is 28.8. The van der Waals surface area contributed by atoms with Crippen LogP contribution in [-0.2, 0) is 9.53 Å². The molecule has 3 N–H and O–H groups in total. The number of rotatable bonds is 4. The van der Waals surface area contributed by atoms with Crippen LogP contribution in [0.3, 0.4) is 0 Å². The minimum Gasteiger partial charge on any atom is -0.380 e. The number of nitrogens with two attached hydrogens (primary N) is 1. The summed E-state index contributed by atoms with van der Waals surface area (Å²) in [6.07, 6.45) is 1.84. The third-order valence-electron chi connectivity index (χ3n) is 3.49. The van der Waals surface area contributed by atoms with Crippen LogP contribution in [0.4, 0.5) is 0 Å². The molecule has 1 amide bonds. The molecule has 94 valence electrons. The molecule has 1 aliphatic rings. The number of hydrazine groups is 1. The third kappa shape index (κ3) is 3.43. The lowest BCUT2D eigenvalue weighted by molar-refractivity contribution is -0.122. The lowest BCUT2D eigenvalue weighted by atomic mass is 9.94. The van der Waals surface area contributed by atoms with Crippen molar-refractivity contribution in [1.82, 2.24) is 10.3 Å². The van der Waals surface area contributed by atoms with Crippen LogP contribution in [0.25, 0.3) is 0 Å². The SMILES string of the molecule is COC1CN(C(C)CC(=O)NN)CCC1C. The van der Waals surface area contributed by atoms with Crippen LogP contribution in [0.1, 0.15) is 26.7 Å². The largest absolute Gasteiger partial charge is 0.380 e. The van der Waals surface area contributed by atoms with Gasteiger partial charge >= 0.3 is 0 Å². The quantitative estimate of drug-likeness (QED) is 0.408. The van der Waals surface area contributed by atoms with E-state index in [9.17, 15) is 4.79 Å². The first-order valence-electron chi connectivity index (χ1n) is 5.84. The molecule has 0 aromatic heterocycles. The Balaban J connectivity index is 2.45. The van der Waals surface area contributed by atoms with Crippen molar-refractivity contribution in [2.75, 3.05) is 20.2 Å². The highest BCUT2D eigenvalue weighted by molar-refractivity contribution is 5.75. The second kappa shape index (κ2) is 6.18. The van der Waals surface area contributed by atoms with E-state index in [1.54, 1.807) is 7.11 Å². The maximum atomic E-state index is 11.2. The Kier molecular flexibility index (Phi) is 5.18. The number of amides is 1. The van der Waals surface area contributed by atoms with Gasteiger partial charge < -0.3 is 4.74 Å². The summed E-state index contributed by atoms with van der Waals surface area (Å²) >= 11 is 0. The second-order valence-corrected chi connectivity index (χ2v) is 4.66. The molecule has 5 nitrogen and oxygen atoms in total. The summed E-state index contributed by atoms with van der Waals surface area (Å²) in [6.45, 7) is 6.19. The summed E-state index contributed by atoms with van der Waals surface area (Å²) in [7, 11) is 1.75. The smallest absolute Gasteiger partial charge is 0.235 e. The number of carbonyl (C=O) groups is 1. The minimum absolute atomic E-state index is 0.111. The Morgan fingerprint density at radius 3 is 2.94 bits per heavy atom. The number of piperidine rings is 1. The van der Waals surface area contributed by atoms with Gasteiger partial charge in [0.2, 0.25) is 5.91 Å². The van der Waals surface area contributed by atoms with Crippen molar-refractivity contribution in [2.24, 2.45) is 11.8 Å². The van der Waals surface area contributed by atoms with Crippen molar-refractivity contribution < 1.29 is 9.53 Å². The summed E-state index contributed by atoms with van der Waals surface area (Å²) in [4.78, 5) is 13.5. The van der Waals surface area contributed by atoms with Crippen molar-refractivity contribution in [3.05, 3.63) is 0 Å². The highest BCUT2D eigenvalue weighted by atomic mass is 16.5. The number of nitrogens with one attached hydrogen (secondary N) is 1. The van der Waals surface area contributed by atoms with E-state index in [0.29, 0.717) is 12.3 Å². The van der Waals surface area contributed by atoms with Gasteiger partial charge in [0.25, 0.3) is 0 Å². The van der Waals surface area contributed by atoms with E-state index >= 15 is 0 Å². The molecule has 0 aromatic carbocycles. The molecule has 1 fully saturated rings. The van der Waals surface area contributed by atoms with Crippen LogP contribution < -0.4 is 11.3 Å². The molecule has 0 saturated carbocycles. The highest BCUT2D eigenvalue weighted by Gasteiger charge is 2.29. The molecule has 0 bridgehead atoms. The van der Waals surface area contributed by atoms with Crippen LogP contribution in [0.15, 0.2) is 0 Å². The third-order valence-corrected chi connectivity index (χ3v) is 3.49. The molecule has 1 saturated heterocycles. The van der Waals surface area contributed by atoms with Crippen LogP contribution in [-0.4, -0.2) is 43.2 Å². The van der Waals surface area contributed by atoms with Gasteiger partial charge in [0, 0.05) is 26.1 Å². The Morgan fingerprint density at radius 2 is 2.38 bits per heavy atom. The maximum Gasteiger partial charge on any atom is 0.235 e. The Hall–Kier alpha value is -0.650. The van der Waals surface area contributed by atoms with Crippen molar-refractivity contribution in [3.8, 4) is 0 Å². The average molecular weight is 229 g/mol. The van der Waals surface area contributed by atoms with E-state index in [4.69, 9.17) is 10.6 Å². The molecule has 3 atom stereocenters. The number of methoxy groups -OCH3 is 1. The molecule has 1 heterocycles. The lowest BCUT2D eigenvalue weighted by Gasteiger charge is -2.39. The topological polar surface area (TPSA) is 67.6 Å². The molecule has 1 rings (SSSR count). The van der Waals surface area contributed by atoms with Crippen molar-refractivity contribution >= 4 is 5.91 Å². The number of hydrogen-bond acceptors (Lipinski definition) is 4. The predicted octanol–water partition coefficient (Wildman–Crippen LogP) is 0.112. The first-order chi connectivity index (χ1) is 7.58. The van der Waals surface area contributed by atoms with E-state index in [1.165, 1.54) is 0 Å². The van der Waals surface area contributed by atoms with E-state index in [2.05, 4.69) is 24.2 Å². The Labute approximate surface area is 97.3 Å². The first-order valence-corrected chi connectivity index (χ1v) is 5.84. The fourth-order valence-electron chi connectivity index (χ4n) is 2.22. The average Bonchev–Trinajstić information content (AvgIpc) is 2.29. The van der Waals surface area contributed by atoms with Gasteiger partial charge in [-0.25, -0.2) is 5.84 Å². The van der Waals surface area contributed by atoms with Gasteiger partial charge in [-0.3, -0.25) is 15.1 Å². The molecule has 0 spiro atoms. The van der Waals surface area contributed by atoms with Crippen molar-refractivity contribution in [1.29, 1.82) is 0 Å². The maximum absolute atomic E-state index is 11.2. The predicted molar refractivity (Wildman–Crippen MR) is 62.6 cm³/mol. The van der Waals surface area contributed by atoms with E-state index < -0.39 is 0 Å². The first kappa shape index (κ1) is 13.4. The van der Waals surface area contributed by atoms with E-state index in [-0.39, 0.29) is 18.1 Å². The number of ether oxygens (including phenoxy) is 1. The van der Waals surface area contributed by atoms with Crippen molar-refractivity contribution in [3.63, 3.8) is 0 Å². The van der Waals surface area contributed by atoms with Gasteiger partial charge in [-0.05, 0) is 25.8 Å². The van der Waals surface area contributed by atoms with Gasteiger partial charge in [-0.1, -0.05) is 6.92 Å². The van der Waals surface area contributed by atoms with Crippen LogP contribution in [0.5, 0.6) is 0 Å². The summed E-state index contributed by atoms with van der Waals surface area (Å²) in [5.74, 6) is 5.57. The zero-order valence-corrected chi connectivity index (χ0v) is 10.4. The molecule has 0 radical (unpaired) electrons. The zero-order chi connectivity index (χ0) is 12.1. The molecule has 3 unspecified atom stereocenters. The fraction of sp³-hybridized carbons (Fsp3) is 0.909. The monoisotopic (exact) mass is 229 g/mol. The number of likely N-dealkylation sites (tertiary alicyclic amines) is 1. The van der Waals surface area contributed by atoms with Crippen molar-refractivity contribution in [2.45, 2.75) is 38.8 Å². The highest BCUT2D eigenvalue weighted by Crippen LogP contribution is 2.21. The Morgan fingerprint density at radius 1 is 1.69 bits per heavy atom. The molecule has 5 heteroatoms.